The number of aromatic nitrogens is 4. The van der Waals surface area contributed by atoms with Gasteiger partial charge in [0.15, 0.2) is 0 Å². The van der Waals surface area contributed by atoms with Gasteiger partial charge in [0, 0.05) is 29.9 Å². The molecule has 35 heavy (non-hydrogen) atoms. The fourth-order valence-electron chi connectivity index (χ4n) is 3.83. The van der Waals surface area contributed by atoms with Crippen molar-refractivity contribution in [3.63, 3.8) is 0 Å². The molecule has 0 saturated carbocycles. The molecular weight excluding hydrogens is 445 g/mol. The second kappa shape index (κ2) is 11.0. The first-order chi connectivity index (χ1) is 17.0. The van der Waals surface area contributed by atoms with Crippen LogP contribution in [0.2, 0.25) is 0 Å². The van der Waals surface area contributed by atoms with Crippen LogP contribution in [0.3, 0.4) is 0 Å². The van der Waals surface area contributed by atoms with Gasteiger partial charge in [-0.15, -0.1) is 5.10 Å². The van der Waals surface area contributed by atoms with Crippen LogP contribution in [-0.4, -0.2) is 44.4 Å². The molecule has 4 rings (SSSR count). The monoisotopic (exact) mass is 473 g/mol. The fraction of sp³-hybridized carbons (Fsp3) is 0.269. The van der Waals surface area contributed by atoms with E-state index < -0.39 is 5.82 Å². The van der Waals surface area contributed by atoms with Crippen molar-refractivity contribution < 1.29 is 9.50 Å². The van der Waals surface area contributed by atoms with Gasteiger partial charge < -0.3 is 16.2 Å². The number of aliphatic hydroxyl groups excluding tert-OH is 1. The molecule has 1 atom stereocenters. The Hall–Kier alpha value is -4.00. The summed E-state index contributed by atoms with van der Waals surface area (Å²) in [5, 5.41) is 30.5. The molecule has 180 valence electrons. The van der Waals surface area contributed by atoms with E-state index in [0.717, 1.165) is 23.2 Å². The summed E-state index contributed by atoms with van der Waals surface area (Å²) in [6.45, 7) is 3.93. The molecule has 0 aliphatic carbocycles. The van der Waals surface area contributed by atoms with E-state index in [2.05, 4.69) is 17.3 Å². The number of halogens is 1. The maximum Gasteiger partial charge on any atom is 0.149 e. The van der Waals surface area contributed by atoms with Crippen molar-refractivity contribution in [1.82, 2.24) is 19.6 Å². The summed E-state index contributed by atoms with van der Waals surface area (Å²) in [4.78, 5) is 0. The molecule has 2 heterocycles. The number of nitrogens with zero attached hydrogens (tertiary/aromatic N) is 5. The minimum atomic E-state index is -0.570. The lowest BCUT2D eigenvalue weighted by Crippen LogP contribution is -2.15. The Balaban J connectivity index is 1.67. The number of anilines is 1. The topological polar surface area (TPSA) is 118 Å². The number of rotatable bonds is 10. The lowest BCUT2D eigenvalue weighted by atomic mass is 10.1. The Labute approximate surface area is 203 Å². The van der Waals surface area contributed by atoms with Crippen LogP contribution in [0, 0.1) is 23.1 Å². The molecular formula is C26H28FN7O. The minimum absolute atomic E-state index is 0.000120. The second-order valence-corrected chi connectivity index (χ2v) is 8.46. The van der Waals surface area contributed by atoms with Gasteiger partial charge in [-0.2, -0.15) is 10.4 Å². The lowest BCUT2D eigenvalue weighted by molar-refractivity contribution is 0.269. The Kier molecular flexibility index (Phi) is 7.55. The van der Waals surface area contributed by atoms with E-state index in [-0.39, 0.29) is 12.2 Å². The molecule has 8 nitrogen and oxygen atoms in total. The first-order valence-corrected chi connectivity index (χ1v) is 11.5. The number of nitriles is 1. The summed E-state index contributed by atoms with van der Waals surface area (Å²) in [5.74, 6) is 0.481. The van der Waals surface area contributed by atoms with E-state index in [1.807, 2.05) is 42.6 Å². The molecule has 4 aromatic rings. The summed E-state index contributed by atoms with van der Waals surface area (Å²) in [6, 6.07) is 16.1. The van der Waals surface area contributed by atoms with E-state index in [0.29, 0.717) is 42.6 Å². The molecule has 0 spiro atoms. The highest BCUT2D eigenvalue weighted by Gasteiger charge is 2.15. The van der Waals surface area contributed by atoms with Gasteiger partial charge in [-0.3, -0.25) is 4.68 Å². The van der Waals surface area contributed by atoms with Gasteiger partial charge in [0.2, 0.25) is 0 Å². The summed E-state index contributed by atoms with van der Waals surface area (Å²) < 4.78 is 17.9. The van der Waals surface area contributed by atoms with Crippen LogP contribution in [0.15, 0.2) is 60.9 Å². The van der Waals surface area contributed by atoms with E-state index in [9.17, 15) is 4.39 Å². The van der Waals surface area contributed by atoms with Gasteiger partial charge in [-0.05, 0) is 48.7 Å². The lowest BCUT2D eigenvalue weighted by Gasteiger charge is -2.10. The fourth-order valence-corrected chi connectivity index (χ4v) is 3.83. The molecule has 2 aromatic heterocycles. The smallest absolute Gasteiger partial charge is 0.149 e. The number of hydrogen-bond acceptors (Lipinski definition) is 6. The van der Waals surface area contributed by atoms with Crippen molar-refractivity contribution >= 4 is 5.82 Å². The van der Waals surface area contributed by atoms with Crippen LogP contribution in [0.25, 0.3) is 28.1 Å². The molecule has 0 aliphatic rings. The predicted molar refractivity (Wildman–Crippen MR) is 133 cm³/mol. The molecule has 9 heteroatoms. The van der Waals surface area contributed by atoms with Crippen LogP contribution >= 0.6 is 0 Å². The molecule has 0 radical (unpaired) electrons. The highest BCUT2D eigenvalue weighted by molar-refractivity contribution is 5.68. The van der Waals surface area contributed by atoms with Crippen molar-refractivity contribution in [2.24, 2.45) is 11.7 Å². The average Bonchev–Trinajstić information content (AvgIpc) is 3.51. The summed E-state index contributed by atoms with van der Waals surface area (Å²) in [6.07, 6.45) is 4.54. The highest BCUT2D eigenvalue weighted by Crippen LogP contribution is 2.29. The number of aliphatic hydroxyl groups is 1. The molecule has 1 unspecified atom stereocenters. The third-order valence-electron chi connectivity index (χ3n) is 5.79. The van der Waals surface area contributed by atoms with Crippen molar-refractivity contribution in [3.05, 3.63) is 72.3 Å². The Morgan fingerprint density at radius 2 is 1.91 bits per heavy atom. The van der Waals surface area contributed by atoms with Crippen molar-refractivity contribution in [2.45, 2.75) is 19.9 Å². The first kappa shape index (κ1) is 24.1. The third-order valence-corrected chi connectivity index (χ3v) is 5.79. The van der Waals surface area contributed by atoms with Crippen LogP contribution in [0.1, 0.15) is 18.9 Å². The molecule has 4 N–H and O–H groups in total. The van der Waals surface area contributed by atoms with E-state index in [1.54, 1.807) is 21.6 Å². The van der Waals surface area contributed by atoms with Crippen molar-refractivity contribution in [3.8, 4) is 34.1 Å². The number of nitrogens with one attached hydrogen (secondary N) is 1. The minimum Gasteiger partial charge on any atom is -0.394 e. The van der Waals surface area contributed by atoms with E-state index in [4.69, 9.17) is 21.2 Å². The first-order valence-electron chi connectivity index (χ1n) is 11.5. The highest BCUT2D eigenvalue weighted by atomic mass is 19.1. The summed E-state index contributed by atoms with van der Waals surface area (Å²) in [5.41, 5.74) is 9.70. The molecule has 0 amide bonds. The maximum atomic E-state index is 14.4. The van der Waals surface area contributed by atoms with Gasteiger partial charge in [-0.1, -0.05) is 25.1 Å². The molecule has 2 aromatic carbocycles. The molecule has 0 fully saturated rings. The predicted octanol–water partition coefficient (Wildman–Crippen LogP) is 3.80. The summed E-state index contributed by atoms with van der Waals surface area (Å²) in [7, 11) is 0. The Morgan fingerprint density at radius 1 is 1.14 bits per heavy atom. The van der Waals surface area contributed by atoms with Gasteiger partial charge in [0.05, 0.1) is 36.3 Å². The van der Waals surface area contributed by atoms with Crippen molar-refractivity contribution in [2.75, 3.05) is 25.0 Å². The molecule has 0 bridgehead atoms. The molecule has 0 aliphatic heterocycles. The number of hydrogen-bond donors (Lipinski definition) is 3. The molecule has 0 saturated heterocycles. The number of nitrogens with two attached hydrogens (primary N) is 1. The Morgan fingerprint density at radius 3 is 2.60 bits per heavy atom. The second-order valence-electron chi connectivity index (χ2n) is 8.46. The normalized spacial score (nSPS) is 11.9. The quantitative estimate of drug-likeness (QED) is 0.322. The summed E-state index contributed by atoms with van der Waals surface area (Å²) >= 11 is 0. The van der Waals surface area contributed by atoms with Crippen LogP contribution in [0.4, 0.5) is 10.2 Å². The standard InChI is InChI=1S/C26H28FN7O/c1-18(8-9-28)15-30-26-13-25(20-2-3-21(14-29)24(27)12-20)34(32-26)23-6-4-19(5-7-23)22-16-31-33(17-22)10-11-35/h2-7,12-13,16-18,35H,8-11,15,28H2,1H3,(H,30,32). The van der Waals surface area contributed by atoms with Crippen LogP contribution < -0.4 is 11.1 Å². The maximum absolute atomic E-state index is 14.4. The van der Waals surface area contributed by atoms with Gasteiger partial charge >= 0.3 is 0 Å². The Bertz CT molecular complexity index is 1320. The van der Waals surface area contributed by atoms with Gasteiger partial charge in [0.25, 0.3) is 0 Å². The largest absolute Gasteiger partial charge is 0.394 e. The third kappa shape index (κ3) is 5.57. The van der Waals surface area contributed by atoms with Crippen molar-refractivity contribution in [1.29, 1.82) is 5.26 Å². The zero-order valence-electron chi connectivity index (χ0n) is 19.5. The zero-order valence-corrected chi connectivity index (χ0v) is 19.5. The van der Waals surface area contributed by atoms with Gasteiger partial charge in [-0.25, -0.2) is 9.07 Å². The number of benzene rings is 2. The average molecular weight is 474 g/mol. The van der Waals surface area contributed by atoms with Gasteiger partial charge in [0.1, 0.15) is 17.7 Å². The van der Waals surface area contributed by atoms with E-state index in [1.165, 1.54) is 12.1 Å². The SMILES string of the molecule is CC(CCN)CNc1cc(-c2ccc(C#N)c(F)c2)n(-c2ccc(-c3cnn(CCO)c3)cc2)n1. The van der Waals surface area contributed by atoms with Crippen LogP contribution in [0.5, 0.6) is 0 Å². The van der Waals surface area contributed by atoms with E-state index >= 15 is 0 Å². The zero-order chi connectivity index (χ0) is 24.8. The van der Waals surface area contributed by atoms with Crippen LogP contribution in [-0.2, 0) is 6.54 Å².